The van der Waals surface area contributed by atoms with Crippen LogP contribution in [0.3, 0.4) is 0 Å². The molecule has 0 bridgehead atoms. The summed E-state index contributed by atoms with van der Waals surface area (Å²) >= 11 is 5.75. The SMILES string of the molecule is Cc1cc2nccnc2cc1N(C(=O)Cl)c1ccccn1. The van der Waals surface area contributed by atoms with Gasteiger partial charge >= 0.3 is 5.37 Å². The van der Waals surface area contributed by atoms with Crippen molar-refractivity contribution in [1.82, 2.24) is 15.0 Å². The van der Waals surface area contributed by atoms with Crippen molar-refractivity contribution in [2.75, 3.05) is 4.90 Å². The summed E-state index contributed by atoms with van der Waals surface area (Å²) in [6.45, 7) is 1.89. The zero-order chi connectivity index (χ0) is 14.8. The van der Waals surface area contributed by atoms with Crippen molar-refractivity contribution in [3.05, 3.63) is 54.5 Å². The van der Waals surface area contributed by atoms with E-state index in [1.54, 1.807) is 42.9 Å². The van der Waals surface area contributed by atoms with Gasteiger partial charge in [0, 0.05) is 18.6 Å². The fourth-order valence-corrected chi connectivity index (χ4v) is 2.32. The second-order valence-corrected chi connectivity index (χ2v) is 4.78. The molecule has 0 unspecified atom stereocenters. The first-order chi connectivity index (χ1) is 10.2. The summed E-state index contributed by atoms with van der Waals surface area (Å²) in [5, 5.41) is -0.625. The molecule has 0 fully saturated rings. The Labute approximate surface area is 126 Å². The summed E-state index contributed by atoms with van der Waals surface area (Å²) in [7, 11) is 0. The fourth-order valence-electron chi connectivity index (χ4n) is 2.14. The largest absolute Gasteiger partial charge is 0.326 e. The molecule has 0 aliphatic rings. The zero-order valence-corrected chi connectivity index (χ0v) is 11.9. The highest BCUT2D eigenvalue weighted by molar-refractivity contribution is 6.66. The second kappa shape index (κ2) is 5.46. The van der Waals surface area contributed by atoms with Gasteiger partial charge in [0.05, 0.1) is 16.7 Å². The van der Waals surface area contributed by atoms with Crippen LogP contribution in [0.2, 0.25) is 0 Å². The van der Waals surface area contributed by atoms with Crippen molar-refractivity contribution in [3.63, 3.8) is 0 Å². The predicted octanol–water partition coefficient (Wildman–Crippen LogP) is 3.83. The van der Waals surface area contributed by atoms with Crippen molar-refractivity contribution in [3.8, 4) is 0 Å². The Balaban J connectivity index is 2.20. The Morgan fingerprint density at radius 2 is 1.76 bits per heavy atom. The van der Waals surface area contributed by atoms with Gasteiger partial charge in [0.15, 0.2) is 0 Å². The van der Waals surface area contributed by atoms with Crippen LogP contribution in [0, 0.1) is 6.92 Å². The number of nitrogens with zero attached hydrogens (tertiary/aromatic N) is 4. The van der Waals surface area contributed by atoms with Gasteiger partial charge in [-0.05, 0) is 48.4 Å². The molecule has 0 saturated heterocycles. The van der Waals surface area contributed by atoms with Gasteiger partial charge in [-0.15, -0.1) is 0 Å². The third-order valence-electron chi connectivity index (χ3n) is 3.08. The normalized spacial score (nSPS) is 10.6. The molecular formula is C15H11ClN4O. The number of rotatable bonds is 2. The Hall–Kier alpha value is -2.53. The van der Waals surface area contributed by atoms with E-state index >= 15 is 0 Å². The van der Waals surface area contributed by atoms with E-state index in [1.807, 2.05) is 13.0 Å². The van der Waals surface area contributed by atoms with Gasteiger partial charge in [0.1, 0.15) is 5.82 Å². The van der Waals surface area contributed by atoms with E-state index in [0.717, 1.165) is 11.1 Å². The van der Waals surface area contributed by atoms with E-state index in [0.29, 0.717) is 17.0 Å². The van der Waals surface area contributed by atoms with Gasteiger partial charge in [0.2, 0.25) is 0 Å². The zero-order valence-electron chi connectivity index (χ0n) is 11.2. The molecule has 5 nitrogen and oxygen atoms in total. The average molecular weight is 299 g/mol. The molecule has 3 aromatic rings. The van der Waals surface area contributed by atoms with E-state index in [9.17, 15) is 4.79 Å². The van der Waals surface area contributed by atoms with E-state index in [1.165, 1.54) is 4.90 Å². The molecule has 1 amide bonds. The van der Waals surface area contributed by atoms with Crippen molar-refractivity contribution in [2.24, 2.45) is 0 Å². The minimum Gasteiger partial charge on any atom is -0.255 e. The fraction of sp³-hybridized carbons (Fsp3) is 0.0667. The van der Waals surface area contributed by atoms with Gasteiger partial charge in [-0.3, -0.25) is 19.7 Å². The van der Waals surface area contributed by atoms with E-state index in [2.05, 4.69) is 15.0 Å². The average Bonchev–Trinajstić information content (AvgIpc) is 2.49. The molecule has 0 N–H and O–H groups in total. The maximum atomic E-state index is 11.8. The smallest absolute Gasteiger partial charge is 0.255 e. The number of amides is 1. The van der Waals surface area contributed by atoms with E-state index < -0.39 is 5.37 Å². The number of aromatic nitrogens is 3. The number of carbonyl (C=O) groups excluding carboxylic acids is 1. The molecule has 0 saturated carbocycles. The molecule has 2 heterocycles. The summed E-state index contributed by atoms with van der Waals surface area (Å²) < 4.78 is 0. The number of carbonyl (C=O) groups is 1. The van der Waals surface area contributed by atoms with Gasteiger partial charge in [0.25, 0.3) is 0 Å². The topological polar surface area (TPSA) is 59.0 Å². The van der Waals surface area contributed by atoms with E-state index in [4.69, 9.17) is 11.6 Å². The van der Waals surface area contributed by atoms with Gasteiger partial charge < -0.3 is 0 Å². The minimum absolute atomic E-state index is 0.462. The maximum Gasteiger partial charge on any atom is 0.326 e. The number of hydrogen-bond donors (Lipinski definition) is 0. The number of hydrogen-bond acceptors (Lipinski definition) is 4. The van der Waals surface area contributed by atoms with Gasteiger partial charge in [-0.1, -0.05) is 6.07 Å². The second-order valence-electron chi connectivity index (χ2n) is 4.46. The summed E-state index contributed by atoms with van der Waals surface area (Å²) in [5.74, 6) is 0.462. The molecule has 21 heavy (non-hydrogen) atoms. The lowest BCUT2D eigenvalue weighted by molar-refractivity contribution is 0.266. The molecule has 6 heteroatoms. The molecule has 0 aliphatic heterocycles. The molecule has 2 aromatic heterocycles. The first kappa shape index (κ1) is 13.5. The summed E-state index contributed by atoms with van der Waals surface area (Å²) in [6.07, 6.45) is 4.85. The molecule has 104 valence electrons. The predicted molar refractivity (Wildman–Crippen MR) is 81.9 cm³/mol. The summed E-state index contributed by atoms with van der Waals surface area (Å²) in [6, 6.07) is 8.95. The number of halogens is 1. The number of pyridine rings is 1. The van der Waals surface area contributed by atoms with E-state index in [-0.39, 0.29) is 0 Å². The van der Waals surface area contributed by atoms with Crippen LogP contribution in [0.25, 0.3) is 11.0 Å². The highest BCUT2D eigenvalue weighted by Crippen LogP contribution is 2.30. The van der Waals surface area contributed by atoms with Crippen LogP contribution in [0.4, 0.5) is 16.3 Å². The molecule has 0 spiro atoms. The minimum atomic E-state index is -0.625. The lowest BCUT2D eigenvalue weighted by Crippen LogP contribution is -2.21. The first-order valence-electron chi connectivity index (χ1n) is 6.29. The van der Waals surface area contributed by atoms with Crippen LogP contribution in [0.5, 0.6) is 0 Å². The van der Waals surface area contributed by atoms with Crippen molar-refractivity contribution in [2.45, 2.75) is 6.92 Å². The molecule has 1 aromatic carbocycles. The van der Waals surface area contributed by atoms with Gasteiger partial charge in [-0.2, -0.15) is 0 Å². The maximum absolute atomic E-state index is 11.8. The number of benzene rings is 1. The third-order valence-corrected chi connectivity index (χ3v) is 3.25. The Morgan fingerprint density at radius 3 is 2.38 bits per heavy atom. The molecule has 3 rings (SSSR count). The van der Waals surface area contributed by atoms with Crippen LogP contribution in [-0.4, -0.2) is 20.3 Å². The summed E-state index contributed by atoms with van der Waals surface area (Å²) in [5.41, 5.74) is 2.96. The standard InChI is InChI=1S/C15H11ClN4O/c1-10-8-11-12(18-7-6-17-11)9-13(10)20(15(16)21)14-4-2-3-5-19-14/h2-9H,1H3. The molecule has 0 atom stereocenters. The number of aryl methyl sites for hydroxylation is 1. The Morgan fingerprint density at radius 1 is 1.05 bits per heavy atom. The quantitative estimate of drug-likeness (QED) is 0.533. The number of fused-ring (bicyclic) bond motifs is 1. The van der Waals surface area contributed by atoms with Gasteiger partial charge in [-0.25, -0.2) is 4.98 Å². The lowest BCUT2D eigenvalue weighted by atomic mass is 10.1. The molecular weight excluding hydrogens is 288 g/mol. The monoisotopic (exact) mass is 298 g/mol. The molecule has 0 aliphatic carbocycles. The van der Waals surface area contributed by atoms with Crippen molar-refractivity contribution < 1.29 is 4.79 Å². The van der Waals surface area contributed by atoms with Crippen LogP contribution in [0.1, 0.15) is 5.56 Å². The van der Waals surface area contributed by atoms with Crippen molar-refractivity contribution in [1.29, 1.82) is 0 Å². The third kappa shape index (κ3) is 2.55. The Bertz CT molecular complexity index is 807. The number of anilines is 2. The van der Waals surface area contributed by atoms with Crippen LogP contribution >= 0.6 is 11.6 Å². The highest BCUT2D eigenvalue weighted by Gasteiger charge is 2.19. The highest BCUT2D eigenvalue weighted by atomic mass is 35.5. The lowest BCUT2D eigenvalue weighted by Gasteiger charge is -2.21. The molecule has 0 radical (unpaired) electrons. The Kier molecular flexibility index (Phi) is 3.50. The summed E-state index contributed by atoms with van der Waals surface area (Å²) in [4.78, 5) is 25.9. The van der Waals surface area contributed by atoms with Crippen LogP contribution in [0.15, 0.2) is 48.9 Å². The van der Waals surface area contributed by atoms with Crippen molar-refractivity contribution >= 4 is 39.5 Å². The van der Waals surface area contributed by atoms with Crippen LogP contribution in [-0.2, 0) is 0 Å². The first-order valence-corrected chi connectivity index (χ1v) is 6.66. The van der Waals surface area contributed by atoms with Crippen LogP contribution < -0.4 is 4.90 Å².